The SMILES string of the molecule is CCOc1cc(/C=C2/SC(=S)N(c3cccc(C)c3)C2=O)ccc1OC(CC)C(=O)O. The van der Waals surface area contributed by atoms with Gasteiger partial charge in [-0.05, 0) is 61.7 Å². The van der Waals surface area contributed by atoms with Gasteiger partial charge in [-0.25, -0.2) is 4.79 Å². The van der Waals surface area contributed by atoms with Crippen molar-refractivity contribution in [2.24, 2.45) is 0 Å². The maximum Gasteiger partial charge on any atom is 0.344 e. The van der Waals surface area contributed by atoms with Gasteiger partial charge in [0.1, 0.15) is 0 Å². The molecule has 1 N–H and O–H groups in total. The van der Waals surface area contributed by atoms with Gasteiger partial charge in [0.15, 0.2) is 21.9 Å². The first-order valence-corrected chi connectivity index (χ1v) is 11.1. The van der Waals surface area contributed by atoms with E-state index in [1.54, 1.807) is 31.2 Å². The van der Waals surface area contributed by atoms with Gasteiger partial charge in [0, 0.05) is 0 Å². The number of amides is 1. The molecule has 8 heteroatoms. The van der Waals surface area contributed by atoms with Crippen molar-refractivity contribution in [3.05, 3.63) is 58.5 Å². The molecular weight excluding hydrogens is 434 g/mol. The number of ether oxygens (including phenoxy) is 2. The van der Waals surface area contributed by atoms with E-state index in [9.17, 15) is 14.7 Å². The summed E-state index contributed by atoms with van der Waals surface area (Å²) in [5.41, 5.74) is 2.51. The second-order valence-electron chi connectivity index (χ2n) is 6.85. The van der Waals surface area contributed by atoms with E-state index in [0.29, 0.717) is 33.8 Å². The van der Waals surface area contributed by atoms with E-state index in [-0.39, 0.29) is 5.91 Å². The van der Waals surface area contributed by atoms with Crippen molar-refractivity contribution in [2.75, 3.05) is 11.5 Å². The van der Waals surface area contributed by atoms with E-state index in [0.717, 1.165) is 16.8 Å². The standard InChI is InChI=1S/C23H23NO5S2/c1-4-17(22(26)27)29-18-10-9-15(12-19(18)28-5-2)13-20-21(25)24(23(30)31-20)16-8-6-7-14(3)11-16/h6-13,17H,4-5H2,1-3H3,(H,26,27)/b20-13+. The number of carbonyl (C=O) groups is 2. The number of rotatable bonds is 8. The van der Waals surface area contributed by atoms with Crippen molar-refractivity contribution in [3.63, 3.8) is 0 Å². The topological polar surface area (TPSA) is 76.1 Å². The van der Waals surface area contributed by atoms with Crippen molar-refractivity contribution in [1.29, 1.82) is 0 Å². The fourth-order valence-electron chi connectivity index (χ4n) is 3.05. The van der Waals surface area contributed by atoms with Crippen LogP contribution in [0.2, 0.25) is 0 Å². The lowest BCUT2D eigenvalue weighted by Gasteiger charge is -2.17. The third-order valence-electron chi connectivity index (χ3n) is 4.53. The summed E-state index contributed by atoms with van der Waals surface area (Å²) in [6.45, 7) is 5.92. The van der Waals surface area contributed by atoms with E-state index in [4.69, 9.17) is 21.7 Å². The molecule has 1 atom stereocenters. The fraction of sp³-hybridized carbons (Fsp3) is 0.261. The van der Waals surface area contributed by atoms with Crippen LogP contribution in [-0.4, -0.2) is 34.0 Å². The van der Waals surface area contributed by atoms with Gasteiger partial charge in [0.25, 0.3) is 5.91 Å². The molecule has 0 saturated carbocycles. The number of benzene rings is 2. The van der Waals surface area contributed by atoms with Gasteiger partial charge in [-0.15, -0.1) is 0 Å². The Morgan fingerprint density at radius 2 is 2.00 bits per heavy atom. The Labute approximate surface area is 190 Å². The summed E-state index contributed by atoms with van der Waals surface area (Å²) >= 11 is 6.67. The first-order chi connectivity index (χ1) is 14.8. The van der Waals surface area contributed by atoms with Crippen LogP contribution in [0.5, 0.6) is 11.5 Å². The smallest absolute Gasteiger partial charge is 0.344 e. The fourth-order valence-corrected chi connectivity index (χ4v) is 4.35. The third kappa shape index (κ3) is 5.26. The zero-order chi connectivity index (χ0) is 22.5. The molecule has 0 bridgehead atoms. The third-order valence-corrected chi connectivity index (χ3v) is 5.84. The minimum Gasteiger partial charge on any atom is -0.490 e. The van der Waals surface area contributed by atoms with Crippen LogP contribution in [0.3, 0.4) is 0 Å². The largest absolute Gasteiger partial charge is 0.490 e. The number of anilines is 1. The molecule has 2 aromatic rings. The summed E-state index contributed by atoms with van der Waals surface area (Å²) < 4.78 is 11.7. The minimum atomic E-state index is -1.03. The number of carboxylic acid groups (broad SMARTS) is 1. The number of hydrogen-bond acceptors (Lipinski definition) is 6. The molecule has 1 aliphatic heterocycles. The molecule has 2 aromatic carbocycles. The molecule has 3 rings (SSSR count). The number of carbonyl (C=O) groups excluding carboxylic acids is 1. The summed E-state index contributed by atoms with van der Waals surface area (Å²) in [6.07, 6.45) is 1.11. The Bertz CT molecular complexity index is 1050. The molecular formula is C23H23NO5S2. The number of nitrogens with zero attached hydrogens (tertiary/aromatic N) is 1. The first kappa shape index (κ1) is 22.8. The van der Waals surface area contributed by atoms with E-state index in [1.165, 1.54) is 16.7 Å². The molecule has 162 valence electrons. The van der Waals surface area contributed by atoms with Gasteiger partial charge >= 0.3 is 5.97 Å². The minimum absolute atomic E-state index is 0.184. The molecule has 6 nitrogen and oxygen atoms in total. The predicted octanol–water partition coefficient (Wildman–Crippen LogP) is 5.04. The predicted molar refractivity (Wildman–Crippen MR) is 127 cm³/mol. The quantitative estimate of drug-likeness (QED) is 0.439. The summed E-state index contributed by atoms with van der Waals surface area (Å²) in [5.74, 6) is -0.449. The average molecular weight is 458 g/mol. The molecule has 1 amide bonds. The molecule has 1 saturated heterocycles. The molecule has 1 heterocycles. The van der Waals surface area contributed by atoms with Crippen LogP contribution in [0.25, 0.3) is 6.08 Å². The number of thioether (sulfide) groups is 1. The Balaban J connectivity index is 1.89. The van der Waals surface area contributed by atoms with Crippen LogP contribution >= 0.6 is 24.0 Å². The number of aryl methyl sites for hydroxylation is 1. The van der Waals surface area contributed by atoms with Gasteiger partial charge in [0.05, 0.1) is 17.2 Å². The van der Waals surface area contributed by atoms with Crippen LogP contribution < -0.4 is 14.4 Å². The Hall–Kier alpha value is -2.84. The molecule has 1 aliphatic rings. The lowest BCUT2D eigenvalue weighted by Crippen LogP contribution is -2.27. The summed E-state index contributed by atoms with van der Waals surface area (Å²) in [4.78, 5) is 26.3. The van der Waals surface area contributed by atoms with E-state index in [2.05, 4.69) is 0 Å². The van der Waals surface area contributed by atoms with Gasteiger partial charge in [-0.1, -0.05) is 49.1 Å². The number of carboxylic acids is 1. The molecule has 0 aromatic heterocycles. The van der Waals surface area contributed by atoms with Crippen molar-refractivity contribution in [1.82, 2.24) is 0 Å². The molecule has 0 radical (unpaired) electrons. The van der Waals surface area contributed by atoms with Crippen LogP contribution in [-0.2, 0) is 9.59 Å². The Kier molecular flexibility index (Phi) is 7.35. The van der Waals surface area contributed by atoms with Crippen molar-refractivity contribution in [3.8, 4) is 11.5 Å². The first-order valence-electron chi connectivity index (χ1n) is 9.85. The molecule has 1 unspecified atom stereocenters. The van der Waals surface area contributed by atoms with E-state index < -0.39 is 12.1 Å². The maximum atomic E-state index is 13.0. The Morgan fingerprint density at radius 1 is 1.23 bits per heavy atom. The second-order valence-corrected chi connectivity index (χ2v) is 8.52. The van der Waals surface area contributed by atoms with Gasteiger partial charge < -0.3 is 14.6 Å². The lowest BCUT2D eigenvalue weighted by molar-refractivity contribution is -0.145. The highest BCUT2D eigenvalue weighted by molar-refractivity contribution is 8.27. The Morgan fingerprint density at radius 3 is 2.65 bits per heavy atom. The normalized spacial score (nSPS) is 16.0. The van der Waals surface area contributed by atoms with Crippen LogP contribution in [0, 0.1) is 6.92 Å². The van der Waals surface area contributed by atoms with Crippen LogP contribution in [0.15, 0.2) is 47.4 Å². The van der Waals surface area contributed by atoms with Crippen molar-refractivity contribution in [2.45, 2.75) is 33.3 Å². The van der Waals surface area contributed by atoms with Gasteiger partial charge in [-0.2, -0.15) is 0 Å². The van der Waals surface area contributed by atoms with Gasteiger partial charge in [-0.3, -0.25) is 9.69 Å². The highest BCUT2D eigenvalue weighted by atomic mass is 32.2. The van der Waals surface area contributed by atoms with Crippen molar-refractivity contribution >= 4 is 51.9 Å². The molecule has 0 spiro atoms. The second kappa shape index (κ2) is 9.98. The van der Waals surface area contributed by atoms with Gasteiger partial charge in [0.2, 0.25) is 0 Å². The van der Waals surface area contributed by atoms with E-state index >= 15 is 0 Å². The monoisotopic (exact) mass is 457 g/mol. The zero-order valence-electron chi connectivity index (χ0n) is 17.5. The molecule has 1 fully saturated rings. The number of hydrogen-bond donors (Lipinski definition) is 1. The highest BCUT2D eigenvalue weighted by Gasteiger charge is 2.33. The number of aliphatic carboxylic acids is 1. The maximum absolute atomic E-state index is 13.0. The van der Waals surface area contributed by atoms with Crippen LogP contribution in [0.4, 0.5) is 5.69 Å². The summed E-state index contributed by atoms with van der Waals surface area (Å²) in [6, 6.07) is 12.8. The molecule has 0 aliphatic carbocycles. The lowest BCUT2D eigenvalue weighted by atomic mass is 10.1. The average Bonchev–Trinajstić information content (AvgIpc) is 3.00. The number of thiocarbonyl (C=S) groups is 1. The zero-order valence-corrected chi connectivity index (χ0v) is 19.1. The van der Waals surface area contributed by atoms with Crippen molar-refractivity contribution < 1.29 is 24.2 Å². The van der Waals surface area contributed by atoms with Crippen LogP contribution in [0.1, 0.15) is 31.4 Å². The highest BCUT2D eigenvalue weighted by Crippen LogP contribution is 2.37. The summed E-state index contributed by atoms with van der Waals surface area (Å²) in [7, 11) is 0. The molecule has 31 heavy (non-hydrogen) atoms. The summed E-state index contributed by atoms with van der Waals surface area (Å²) in [5, 5.41) is 9.26. The van der Waals surface area contributed by atoms with E-state index in [1.807, 2.05) is 38.1 Å².